The third-order valence-corrected chi connectivity index (χ3v) is 3.41. The molecule has 0 aromatic carbocycles. The number of imidazole rings is 1. The highest BCUT2D eigenvalue weighted by Gasteiger charge is 2.30. The third kappa shape index (κ3) is 1.60. The largest absolute Gasteiger partial charge is 0.383 e. The topological polar surface area (TPSA) is 56.7 Å². The molecule has 0 unspecified atom stereocenters. The van der Waals surface area contributed by atoms with Gasteiger partial charge in [0.25, 0.3) is 0 Å². The molecule has 1 fully saturated rings. The fourth-order valence-electron chi connectivity index (χ4n) is 2.15. The maximum absolute atomic E-state index is 6.14. The normalized spacial score (nSPS) is 15.2. The number of anilines is 1. The molecule has 2 heterocycles. The lowest BCUT2D eigenvalue weighted by Crippen LogP contribution is -2.00. The lowest BCUT2D eigenvalue weighted by molar-refractivity contribution is 0.807. The summed E-state index contributed by atoms with van der Waals surface area (Å²) in [6.07, 6.45) is 6.09. The molecule has 1 saturated carbocycles. The van der Waals surface area contributed by atoms with Crippen molar-refractivity contribution in [2.75, 3.05) is 5.73 Å². The first-order valence-corrected chi connectivity index (χ1v) is 5.91. The Morgan fingerprint density at radius 2 is 2.18 bits per heavy atom. The van der Waals surface area contributed by atoms with Crippen LogP contribution in [-0.2, 0) is 7.05 Å². The van der Waals surface area contributed by atoms with Gasteiger partial charge >= 0.3 is 0 Å². The molecule has 4 heteroatoms. The van der Waals surface area contributed by atoms with Gasteiger partial charge in [0.1, 0.15) is 17.3 Å². The molecule has 17 heavy (non-hydrogen) atoms. The summed E-state index contributed by atoms with van der Waals surface area (Å²) in [5.74, 6) is 2.46. The van der Waals surface area contributed by atoms with Crippen molar-refractivity contribution < 1.29 is 0 Å². The van der Waals surface area contributed by atoms with Gasteiger partial charge in [0.2, 0.25) is 0 Å². The molecule has 3 rings (SSSR count). The van der Waals surface area contributed by atoms with Crippen LogP contribution in [0.15, 0.2) is 18.5 Å². The molecule has 2 N–H and O–H groups in total. The first-order chi connectivity index (χ1) is 8.18. The Morgan fingerprint density at radius 1 is 1.41 bits per heavy atom. The zero-order valence-electron chi connectivity index (χ0n) is 10.1. The number of aryl methyl sites for hydroxylation is 1. The summed E-state index contributed by atoms with van der Waals surface area (Å²) < 4.78 is 2.01. The van der Waals surface area contributed by atoms with Crippen LogP contribution >= 0.6 is 0 Å². The van der Waals surface area contributed by atoms with E-state index in [1.165, 1.54) is 12.8 Å². The van der Waals surface area contributed by atoms with E-state index in [0.717, 1.165) is 28.5 Å². The van der Waals surface area contributed by atoms with E-state index in [1.807, 2.05) is 23.9 Å². The molecule has 0 bridgehead atoms. The van der Waals surface area contributed by atoms with E-state index in [1.54, 1.807) is 6.20 Å². The van der Waals surface area contributed by atoms with Gasteiger partial charge in [0.15, 0.2) is 0 Å². The van der Waals surface area contributed by atoms with Crippen molar-refractivity contribution in [3.05, 3.63) is 29.8 Å². The number of hydrogen-bond acceptors (Lipinski definition) is 3. The Morgan fingerprint density at radius 3 is 2.82 bits per heavy atom. The van der Waals surface area contributed by atoms with E-state index < -0.39 is 0 Å². The lowest BCUT2D eigenvalue weighted by atomic mass is 10.1. The quantitative estimate of drug-likeness (QED) is 0.857. The van der Waals surface area contributed by atoms with Crippen LogP contribution in [0.1, 0.15) is 30.1 Å². The van der Waals surface area contributed by atoms with Gasteiger partial charge in [-0.2, -0.15) is 0 Å². The van der Waals surface area contributed by atoms with Crippen molar-refractivity contribution in [3.63, 3.8) is 0 Å². The molecule has 0 radical (unpaired) electrons. The summed E-state index contributed by atoms with van der Waals surface area (Å²) in [6.45, 7) is 2.06. The molecule has 2 aromatic rings. The van der Waals surface area contributed by atoms with E-state index in [2.05, 4.69) is 11.9 Å². The van der Waals surface area contributed by atoms with Crippen molar-refractivity contribution in [2.45, 2.75) is 25.7 Å². The molecule has 0 aliphatic heterocycles. The van der Waals surface area contributed by atoms with Gasteiger partial charge in [-0.05, 0) is 31.4 Å². The molecule has 1 aliphatic carbocycles. The Labute approximate surface area is 101 Å². The number of aromatic nitrogens is 3. The number of nitrogens with zero attached hydrogens (tertiary/aromatic N) is 3. The highest BCUT2D eigenvalue weighted by atomic mass is 15.1. The molecule has 4 nitrogen and oxygen atoms in total. The maximum Gasteiger partial charge on any atom is 0.131 e. The first-order valence-electron chi connectivity index (χ1n) is 5.91. The Balaban J connectivity index is 2.15. The van der Waals surface area contributed by atoms with Gasteiger partial charge in [-0.1, -0.05) is 0 Å². The monoisotopic (exact) mass is 228 g/mol. The Bertz CT molecular complexity index is 567. The van der Waals surface area contributed by atoms with Gasteiger partial charge < -0.3 is 10.3 Å². The van der Waals surface area contributed by atoms with Crippen molar-refractivity contribution >= 4 is 5.82 Å². The second kappa shape index (κ2) is 3.58. The van der Waals surface area contributed by atoms with E-state index in [4.69, 9.17) is 10.7 Å². The van der Waals surface area contributed by atoms with E-state index in [9.17, 15) is 0 Å². The van der Waals surface area contributed by atoms with Crippen LogP contribution in [-0.4, -0.2) is 14.5 Å². The summed E-state index contributed by atoms with van der Waals surface area (Å²) in [7, 11) is 1.99. The molecular formula is C13H16N4. The minimum absolute atomic E-state index is 0.605. The van der Waals surface area contributed by atoms with Gasteiger partial charge in [0.05, 0.1) is 0 Å². The summed E-state index contributed by atoms with van der Waals surface area (Å²) in [6, 6.07) is 1.99. The first kappa shape index (κ1) is 10.3. The highest BCUT2D eigenvalue weighted by molar-refractivity contribution is 5.73. The molecule has 1 aliphatic rings. The second-order valence-electron chi connectivity index (χ2n) is 4.73. The standard InChI is InChI=1S/C13H16N4/c1-8-5-6-15-7-10(8)11-12(14)17(2)13(16-11)9-3-4-9/h5-7,9H,3-4,14H2,1-2H3. The minimum Gasteiger partial charge on any atom is -0.383 e. The van der Waals surface area contributed by atoms with Gasteiger partial charge in [-0.15, -0.1) is 0 Å². The molecule has 0 spiro atoms. The molecule has 0 atom stereocenters. The predicted octanol–water partition coefficient (Wildman–Crippen LogP) is 2.25. The molecule has 2 aromatic heterocycles. The predicted molar refractivity (Wildman–Crippen MR) is 67.6 cm³/mol. The van der Waals surface area contributed by atoms with Crippen LogP contribution in [0.5, 0.6) is 0 Å². The lowest BCUT2D eigenvalue weighted by Gasteiger charge is -2.03. The van der Waals surface area contributed by atoms with Crippen LogP contribution in [0.25, 0.3) is 11.3 Å². The van der Waals surface area contributed by atoms with Crippen molar-refractivity contribution in [2.24, 2.45) is 7.05 Å². The van der Waals surface area contributed by atoms with E-state index >= 15 is 0 Å². The number of rotatable bonds is 2. The number of pyridine rings is 1. The van der Waals surface area contributed by atoms with Gasteiger partial charge in [0, 0.05) is 30.9 Å². The fourth-order valence-corrected chi connectivity index (χ4v) is 2.15. The summed E-state index contributed by atoms with van der Waals surface area (Å²) in [5, 5.41) is 0. The molecular weight excluding hydrogens is 212 g/mol. The minimum atomic E-state index is 0.605. The van der Waals surface area contributed by atoms with Crippen molar-refractivity contribution in [3.8, 4) is 11.3 Å². The molecule has 0 saturated heterocycles. The van der Waals surface area contributed by atoms with Crippen LogP contribution in [0, 0.1) is 6.92 Å². The summed E-state index contributed by atoms with van der Waals surface area (Å²) >= 11 is 0. The highest BCUT2D eigenvalue weighted by Crippen LogP contribution is 2.41. The average Bonchev–Trinajstić information content (AvgIpc) is 3.11. The second-order valence-corrected chi connectivity index (χ2v) is 4.73. The van der Waals surface area contributed by atoms with Crippen LogP contribution < -0.4 is 5.73 Å². The summed E-state index contributed by atoms with van der Waals surface area (Å²) in [5.41, 5.74) is 9.21. The number of nitrogen functional groups attached to an aromatic ring is 1. The van der Waals surface area contributed by atoms with Crippen LogP contribution in [0.2, 0.25) is 0 Å². The van der Waals surface area contributed by atoms with Gasteiger partial charge in [-0.3, -0.25) is 4.98 Å². The zero-order chi connectivity index (χ0) is 12.0. The van der Waals surface area contributed by atoms with E-state index in [-0.39, 0.29) is 0 Å². The number of hydrogen-bond donors (Lipinski definition) is 1. The van der Waals surface area contributed by atoms with Crippen molar-refractivity contribution in [1.82, 2.24) is 14.5 Å². The molecule has 0 amide bonds. The zero-order valence-corrected chi connectivity index (χ0v) is 10.1. The Hall–Kier alpha value is -1.84. The average molecular weight is 228 g/mol. The van der Waals surface area contributed by atoms with Gasteiger partial charge in [-0.25, -0.2) is 4.98 Å². The molecule has 88 valence electrons. The van der Waals surface area contributed by atoms with Crippen molar-refractivity contribution in [1.29, 1.82) is 0 Å². The maximum atomic E-state index is 6.14. The summed E-state index contributed by atoms with van der Waals surface area (Å²) in [4.78, 5) is 8.86. The smallest absolute Gasteiger partial charge is 0.131 e. The van der Waals surface area contributed by atoms with E-state index in [0.29, 0.717) is 5.92 Å². The SMILES string of the molecule is Cc1ccncc1-c1nc(C2CC2)n(C)c1N. The number of nitrogens with two attached hydrogens (primary N) is 1. The van der Waals surface area contributed by atoms with Crippen LogP contribution in [0.4, 0.5) is 5.82 Å². The Kier molecular flexibility index (Phi) is 2.18. The van der Waals surface area contributed by atoms with Crippen LogP contribution in [0.3, 0.4) is 0 Å². The fraction of sp³-hybridized carbons (Fsp3) is 0.385. The third-order valence-electron chi connectivity index (χ3n) is 3.41.